The van der Waals surface area contributed by atoms with Crippen molar-refractivity contribution in [2.45, 2.75) is 20.0 Å². The number of carbonyl (C=O) groups is 2. The number of ether oxygens (including phenoxy) is 2. The van der Waals surface area contributed by atoms with Crippen LogP contribution in [0.15, 0.2) is 48.7 Å². The van der Waals surface area contributed by atoms with Gasteiger partial charge in [0.05, 0.1) is 11.7 Å². The van der Waals surface area contributed by atoms with Gasteiger partial charge in [-0.1, -0.05) is 0 Å². The van der Waals surface area contributed by atoms with Crippen LogP contribution in [-0.4, -0.2) is 52.1 Å². The summed E-state index contributed by atoms with van der Waals surface area (Å²) in [6.07, 6.45) is 1.47. The van der Waals surface area contributed by atoms with Gasteiger partial charge in [0.25, 0.3) is 11.8 Å². The Balaban J connectivity index is 1.84. The van der Waals surface area contributed by atoms with Gasteiger partial charge in [0, 0.05) is 44.1 Å². The molecular weight excluding hydrogens is 386 g/mol. The van der Waals surface area contributed by atoms with Crippen LogP contribution in [0.2, 0.25) is 0 Å². The number of aromatic amines is 1. The lowest BCUT2D eigenvalue weighted by atomic mass is 10.2. The molecule has 9 heteroatoms. The fraction of sp³-hybridized carbons (Fsp3) is 0.238. The number of carbonyl (C=O) groups excluding carboxylic acids is 2. The minimum absolute atomic E-state index is 0.107. The van der Waals surface area contributed by atoms with Crippen molar-refractivity contribution < 1.29 is 19.1 Å². The molecule has 2 amide bonds. The van der Waals surface area contributed by atoms with Crippen LogP contribution in [-0.2, 0) is 0 Å². The van der Waals surface area contributed by atoms with Crippen LogP contribution < -0.4 is 14.8 Å². The Morgan fingerprint density at radius 2 is 1.73 bits per heavy atom. The molecule has 2 aromatic heterocycles. The average Bonchev–Trinajstić information content (AvgIpc) is 3.20. The van der Waals surface area contributed by atoms with Gasteiger partial charge in [-0.05, 0) is 38.1 Å². The number of benzene rings is 1. The monoisotopic (exact) mass is 409 g/mol. The summed E-state index contributed by atoms with van der Waals surface area (Å²) in [6, 6.07) is 11.3. The minimum Gasteiger partial charge on any atom is -0.475 e. The van der Waals surface area contributed by atoms with Gasteiger partial charge in [-0.15, -0.1) is 0 Å². The molecule has 0 saturated heterocycles. The van der Waals surface area contributed by atoms with Crippen molar-refractivity contribution in [3.8, 4) is 17.5 Å². The predicted octanol–water partition coefficient (Wildman–Crippen LogP) is 3.34. The number of pyridine rings is 1. The molecule has 0 atom stereocenters. The number of aromatic nitrogens is 3. The summed E-state index contributed by atoms with van der Waals surface area (Å²) in [4.78, 5) is 30.4. The Kier molecular flexibility index (Phi) is 6.31. The van der Waals surface area contributed by atoms with E-state index >= 15 is 0 Å². The third-order valence-electron chi connectivity index (χ3n) is 3.87. The Labute approximate surface area is 174 Å². The third-order valence-corrected chi connectivity index (χ3v) is 3.87. The second-order valence-electron chi connectivity index (χ2n) is 6.94. The lowest BCUT2D eigenvalue weighted by Crippen LogP contribution is -2.21. The first kappa shape index (κ1) is 20.8. The Hall–Kier alpha value is -3.88. The molecule has 0 fully saturated rings. The number of nitrogens with zero attached hydrogens (tertiary/aromatic N) is 3. The van der Waals surface area contributed by atoms with Crippen molar-refractivity contribution in [1.29, 1.82) is 0 Å². The van der Waals surface area contributed by atoms with Crippen LogP contribution in [0, 0.1) is 0 Å². The van der Waals surface area contributed by atoms with E-state index in [4.69, 9.17) is 9.47 Å². The van der Waals surface area contributed by atoms with E-state index in [0.717, 1.165) is 0 Å². The molecule has 1 aromatic carbocycles. The van der Waals surface area contributed by atoms with E-state index in [2.05, 4.69) is 20.5 Å². The first-order valence-corrected chi connectivity index (χ1v) is 9.31. The summed E-state index contributed by atoms with van der Waals surface area (Å²) in [6.45, 7) is 3.72. The van der Waals surface area contributed by atoms with E-state index in [1.165, 1.54) is 17.0 Å². The molecule has 0 radical (unpaired) electrons. The van der Waals surface area contributed by atoms with Crippen molar-refractivity contribution in [2.24, 2.45) is 0 Å². The maximum absolute atomic E-state index is 12.6. The van der Waals surface area contributed by atoms with E-state index in [1.54, 1.807) is 50.6 Å². The second-order valence-corrected chi connectivity index (χ2v) is 6.94. The van der Waals surface area contributed by atoms with Crippen LogP contribution in [0.3, 0.4) is 0 Å². The van der Waals surface area contributed by atoms with Gasteiger partial charge >= 0.3 is 0 Å². The van der Waals surface area contributed by atoms with Crippen LogP contribution in [0.5, 0.6) is 17.5 Å². The molecule has 0 bridgehead atoms. The highest BCUT2D eigenvalue weighted by molar-refractivity contribution is 6.04. The molecule has 30 heavy (non-hydrogen) atoms. The molecule has 3 aromatic rings. The molecule has 0 spiro atoms. The maximum atomic E-state index is 12.6. The van der Waals surface area contributed by atoms with Gasteiger partial charge in [-0.2, -0.15) is 10.1 Å². The largest absolute Gasteiger partial charge is 0.475 e. The number of rotatable bonds is 7. The SMILES string of the molecule is CC(C)Oc1cc(C(=O)Nc2cc[nH]n2)cc(Oc2ccc(C(=O)N(C)C)cc2)n1. The summed E-state index contributed by atoms with van der Waals surface area (Å²) in [7, 11) is 3.37. The Morgan fingerprint density at radius 1 is 1.03 bits per heavy atom. The van der Waals surface area contributed by atoms with Crippen molar-refractivity contribution in [2.75, 3.05) is 19.4 Å². The Morgan fingerprint density at radius 3 is 2.33 bits per heavy atom. The van der Waals surface area contributed by atoms with Gasteiger partial charge in [-0.25, -0.2) is 0 Å². The number of amides is 2. The van der Waals surface area contributed by atoms with Crippen LogP contribution in [0.4, 0.5) is 5.82 Å². The lowest BCUT2D eigenvalue weighted by Gasteiger charge is -2.13. The second kappa shape index (κ2) is 9.08. The number of hydrogen-bond donors (Lipinski definition) is 2. The zero-order chi connectivity index (χ0) is 21.7. The first-order valence-electron chi connectivity index (χ1n) is 9.31. The third kappa shape index (κ3) is 5.34. The van der Waals surface area contributed by atoms with Crippen molar-refractivity contribution in [3.63, 3.8) is 0 Å². The molecular formula is C21H23N5O4. The number of anilines is 1. The summed E-state index contributed by atoms with van der Waals surface area (Å²) in [5, 5.41) is 9.22. The molecule has 9 nitrogen and oxygen atoms in total. The molecule has 2 N–H and O–H groups in total. The minimum atomic E-state index is -0.380. The van der Waals surface area contributed by atoms with Gasteiger partial charge in [0.2, 0.25) is 11.8 Å². The van der Waals surface area contributed by atoms with E-state index in [-0.39, 0.29) is 29.7 Å². The summed E-state index contributed by atoms with van der Waals surface area (Å²) >= 11 is 0. The smallest absolute Gasteiger partial charge is 0.257 e. The quantitative estimate of drug-likeness (QED) is 0.619. The van der Waals surface area contributed by atoms with Gasteiger partial charge < -0.3 is 19.7 Å². The van der Waals surface area contributed by atoms with Crippen LogP contribution in [0.1, 0.15) is 34.6 Å². The predicted molar refractivity (Wildman–Crippen MR) is 111 cm³/mol. The molecule has 156 valence electrons. The van der Waals surface area contributed by atoms with Gasteiger partial charge in [0.1, 0.15) is 5.75 Å². The molecule has 0 aliphatic rings. The maximum Gasteiger partial charge on any atom is 0.257 e. The van der Waals surface area contributed by atoms with Gasteiger partial charge in [0.15, 0.2) is 5.82 Å². The number of H-pyrrole nitrogens is 1. The standard InChI is InChI=1S/C21H23N5O4/c1-13(2)29-18-11-15(20(27)23-17-9-10-22-25-17)12-19(24-18)30-16-7-5-14(6-8-16)21(28)26(3)4/h5-13H,1-4H3,(H2,22,23,25,27). The topological polar surface area (TPSA) is 109 Å². The highest BCUT2D eigenvalue weighted by Gasteiger charge is 2.15. The molecule has 0 aliphatic heterocycles. The molecule has 0 saturated carbocycles. The van der Waals surface area contributed by atoms with Crippen LogP contribution >= 0.6 is 0 Å². The molecule has 0 aliphatic carbocycles. The fourth-order valence-corrected chi connectivity index (χ4v) is 2.53. The van der Waals surface area contributed by atoms with Crippen molar-refractivity contribution in [1.82, 2.24) is 20.1 Å². The van der Waals surface area contributed by atoms with Crippen molar-refractivity contribution >= 4 is 17.6 Å². The van der Waals surface area contributed by atoms with E-state index < -0.39 is 0 Å². The van der Waals surface area contributed by atoms with Crippen LogP contribution in [0.25, 0.3) is 0 Å². The van der Waals surface area contributed by atoms with E-state index in [0.29, 0.717) is 22.7 Å². The summed E-state index contributed by atoms with van der Waals surface area (Å²) in [5.41, 5.74) is 0.842. The highest BCUT2D eigenvalue weighted by atomic mass is 16.5. The normalized spacial score (nSPS) is 10.6. The zero-order valence-electron chi connectivity index (χ0n) is 17.2. The van der Waals surface area contributed by atoms with Crippen molar-refractivity contribution in [3.05, 3.63) is 59.8 Å². The average molecular weight is 409 g/mol. The highest BCUT2D eigenvalue weighted by Crippen LogP contribution is 2.25. The Bertz CT molecular complexity index is 1010. The van der Waals surface area contributed by atoms with E-state index in [9.17, 15) is 9.59 Å². The summed E-state index contributed by atoms with van der Waals surface area (Å²) in [5.74, 6) is 0.824. The first-order chi connectivity index (χ1) is 14.3. The zero-order valence-corrected chi connectivity index (χ0v) is 17.2. The van der Waals surface area contributed by atoms with Gasteiger partial charge in [-0.3, -0.25) is 14.7 Å². The molecule has 2 heterocycles. The number of hydrogen-bond acceptors (Lipinski definition) is 6. The molecule has 0 unspecified atom stereocenters. The number of nitrogens with one attached hydrogen (secondary N) is 2. The lowest BCUT2D eigenvalue weighted by molar-refractivity contribution is 0.0827. The summed E-state index contributed by atoms with van der Waals surface area (Å²) < 4.78 is 11.5. The van der Waals surface area contributed by atoms with E-state index in [1.807, 2.05) is 13.8 Å². The fourth-order valence-electron chi connectivity index (χ4n) is 2.53. The molecule has 3 rings (SSSR count).